The fraction of sp³-hybridized carbons (Fsp3) is 0.714. The maximum atomic E-state index is 5.39. The highest BCUT2D eigenvalue weighted by atomic mass is 28.4. The maximum Gasteiger partial charge on any atom is 0.497 e. The standard InChI is InChI=1S/C7H16O3Si/c1-5-6-7-10-11(4,8-2)9-3/h5H,1,6-7H2,2-4H3. The van der Waals surface area contributed by atoms with Gasteiger partial charge in [-0.25, -0.2) is 0 Å². The van der Waals surface area contributed by atoms with Crippen molar-refractivity contribution in [3.8, 4) is 0 Å². The van der Waals surface area contributed by atoms with Crippen LogP contribution in [0.1, 0.15) is 6.42 Å². The van der Waals surface area contributed by atoms with Crippen LogP contribution in [0.2, 0.25) is 6.55 Å². The molecule has 4 heteroatoms. The molecule has 0 N–H and O–H groups in total. The summed E-state index contributed by atoms with van der Waals surface area (Å²) in [6.07, 6.45) is 2.63. The molecule has 0 spiro atoms. The van der Waals surface area contributed by atoms with Crippen LogP contribution in [0.3, 0.4) is 0 Å². The lowest BCUT2D eigenvalue weighted by atomic mass is 10.5. The minimum atomic E-state index is -2.28. The molecule has 0 saturated heterocycles. The van der Waals surface area contributed by atoms with Gasteiger partial charge in [-0.3, -0.25) is 0 Å². The van der Waals surface area contributed by atoms with E-state index in [2.05, 4.69) is 6.58 Å². The van der Waals surface area contributed by atoms with Crippen molar-refractivity contribution < 1.29 is 13.3 Å². The van der Waals surface area contributed by atoms with Gasteiger partial charge in [0.1, 0.15) is 0 Å². The Bertz CT molecular complexity index is 112. The Kier molecular flexibility index (Phi) is 5.40. The van der Waals surface area contributed by atoms with Crippen LogP contribution >= 0.6 is 0 Å². The fourth-order valence-corrected chi connectivity index (χ4v) is 1.42. The van der Waals surface area contributed by atoms with Crippen molar-refractivity contribution in [3.05, 3.63) is 12.7 Å². The van der Waals surface area contributed by atoms with Crippen LogP contribution in [0.25, 0.3) is 0 Å². The summed E-state index contributed by atoms with van der Waals surface area (Å²) in [5.41, 5.74) is 0. The first-order valence-electron chi connectivity index (χ1n) is 3.53. The molecular formula is C7H16O3Si. The zero-order chi connectivity index (χ0) is 8.74. The van der Waals surface area contributed by atoms with Gasteiger partial charge in [0.15, 0.2) is 0 Å². The molecular weight excluding hydrogens is 160 g/mol. The quantitative estimate of drug-likeness (QED) is 0.348. The molecule has 0 amide bonds. The van der Waals surface area contributed by atoms with E-state index in [9.17, 15) is 0 Å². The molecule has 66 valence electrons. The summed E-state index contributed by atoms with van der Waals surface area (Å²) in [7, 11) is 0.919. The van der Waals surface area contributed by atoms with Crippen molar-refractivity contribution in [2.45, 2.75) is 13.0 Å². The first-order chi connectivity index (χ1) is 5.18. The van der Waals surface area contributed by atoms with Crippen LogP contribution < -0.4 is 0 Å². The highest BCUT2D eigenvalue weighted by molar-refractivity contribution is 6.59. The molecule has 0 aliphatic carbocycles. The summed E-state index contributed by atoms with van der Waals surface area (Å²) < 4.78 is 15.6. The lowest BCUT2D eigenvalue weighted by molar-refractivity contribution is 0.108. The van der Waals surface area contributed by atoms with E-state index in [1.165, 1.54) is 0 Å². The molecule has 0 unspecified atom stereocenters. The van der Waals surface area contributed by atoms with Crippen molar-refractivity contribution in [1.29, 1.82) is 0 Å². The summed E-state index contributed by atoms with van der Waals surface area (Å²) >= 11 is 0. The third-order valence-corrected chi connectivity index (χ3v) is 3.64. The van der Waals surface area contributed by atoms with E-state index < -0.39 is 8.80 Å². The third kappa shape index (κ3) is 4.31. The van der Waals surface area contributed by atoms with Crippen molar-refractivity contribution in [2.24, 2.45) is 0 Å². The molecule has 0 saturated carbocycles. The molecule has 0 heterocycles. The average Bonchev–Trinajstić information content (AvgIpc) is 2.05. The topological polar surface area (TPSA) is 27.7 Å². The van der Waals surface area contributed by atoms with Crippen LogP contribution in [0.5, 0.6) is 0 Å². The van der Waals surface area contributed by atoms with E-state index in [4.69, 9.17) is 13.3 Å². The van der Waals surface area contributed by atoms with E-state index in [1.807, 2.05) is 6.55 Å². The monoisotopic (exact) mass is 176 g/mol. The van der Waals surface area contributed by atoms with Crippen molar-refractivity contribution in [3.63, 3.8) is 0 Å². The van der Waals surface area contributed by atoms with Gasteiger partial charge in [-0.05, 0) is 6.42 Å². The molecule has 11 heavy (non-hydrogen) atoms. The summed E-state index contributed by atoms with van der Waals surface area (Å²) in [6, 6.07) is 0. The Morgan fingerprint density at radius 3 is 2.27 bits per heavy atom. The highest BCUT2D eigenvalue weighted by Crippen LogP contribution is 2.06. The van der Waals surface area contributed by atoms with Crippen molar-refractivity contribution in [2.75, 3.05) is 20.8 Å². The molecule has 3 nitrogen and oxygen atoms in total. The van der Waals surface area contributed by atoms with E-state index >= 15 is 0 Å². The Hall–Kier alpha value is -0.163. The summed E-state index contributed by atoms with van der Waals surface area (Å²) in [6.45, 7) is 6.06. The second kappa shape index (κ2) is 5.48. The molecule has 0 aromatic carbocycles. The van der Waals surface area contributed by atoms with Gasteiger partial charge in [-0.1, -0.05) is 6.08 Å². The van der Waals surface area contributed by atoms with Crippen molar-refractivity contribution >= 4 is 8.80 Å². The van der Waals surface area contributed by atoms with Gasteiger partial charge < -0.3 is 13.3 Å². The minimum Gasteiger partial charge on any atom is -0.377 e. The molecule has 0 radical (unpaired) electrons. The summed E-state index contributed by atoms with van der Waals surface area (Å²) in [4.78, 5) is 0. The molecule has 0 aliphatic heterocycles. The number of hydrogen-bond donors (Lipinski definition) is 0. The smallest absolute Gasteiger partial charge is 0.377 e. The Morgan fingerprint density at radius 2 is 1.91 bits per heavy atom. The second-order valence-corrected chi connectivity index (χ2v) is 5.03. The highest BCUT2D eigenvalue weighted by Gasteiger charge is 2.31. The summed E-state index contributed by atoms with van der Waals surface area (Å²) in [5.74, 6) is 0. The maximum absolute atomic E-state index is 5.39. The number of hydrogen-bond acceptors (Lipinski definition) is 3. The van der Waals surface area contributed by atoms with Crippen LogP contribution in [0, 0.1) is 0 Å². The third-order valence-electron chi connectivity index (χ3n) is 1.43. The zero-order valence-electron chi connectivity index (χ0n) is 7.42. The van der Waals surface area contributed by atoms with Gasteiger partial charge in [0.05, 0.1) is 0 Å². The minimum absolute atomic E-state index is 0.619. The predicted molar refractivity (Wildman–Crippen MR) is 46.4 cm³/mol. The Labute approximate surface area is 69.3 Å². The van der Waals surface area contributed by atoms with Gasteiger partial charge in [-0.15, -0.1) is 6.58 Å². The molecule has 0 rings (SSSR count). The Morgan fingerprint density at radius 1 is 1.36 bits per heavy atom. The average molecular weight is 176 g/mol. The van der Waals surface area contributed by atoms with Gasteiger partial charge in [0, 0.05) is 27.4 Å². The first-order valence-corrected chi connectivity index (χ1v) is 5.76. The largest absolute Gasteiger partial charge is 0.497 e. The van der Waals surface area contributed by atoms with Gasteiger partial charge in [-0.2, -0.15) is 0 Å². The van der Waals surface area contributed by atoms with E-state index in [0.29, 0.717) is 6.61 Å². The van der Waals surface area contributed by atoms with Gasteiger partial charge in [0.2, 0.25) is 0 Å². The van der Waals surface area contributed by atoms with E-state index in [0.717, 1.165) is 6.42 Å². The van der Waals surface area contributed by atoms with Crippen LogP contribution in [-0.4, -0.2) is 29.6 Å². The van der Waals surface area contributed by atoms with Crippen LogP contribution in [0.4, 0.5) is 0 Å². The molecule has 0 aliphatic rings. The van der Waals surface area contributed by atoms with E-state index in [-0.39, 0.29) is 0 Å². The molecule has 0 aromatic rings. The second-order valence-electron chi connectivity index (χ2n) is 2.20. The lowest BCUT2D eigenvalue weighted by Gasteiger charge is -2.21. The molecule has 0 atom stereocenters. The van der Waals surface area contributed by atoms with Crippen LogP contribution in [0.15, 0.2) is 12.7 Å². The molecule has 0 aromatic heterocycles. The summed E-state index contributed by atoms with van der Waals surface area (Å²) in [5, 5.41) is 0. The van der Waals surface area contributed by atoms with Gasteiger partial charge in [0.25, 0.3) is 0 Å². The van der Waals surface area contributed by atoms with Crippen molar-refractivity contribution in [1.82, 2.24) is 0 Å². The fourth-order valence-electron chi connectivity index (χ4n) is 0.529. The van der Waals surface area contributed by atoms with E-state index in [1.54, 1.807) is 20.3 Å². The number of rotatable bonds is 6. The lowest BCUT2D eigenvalue weighted by Crippen LogP contribution is -2.40. The van der Waals surface area contributed by atoms with Crippen LogP contribution in [-0.2, 0) is 13.3 Å². The Balaban J connectivity index is 3.59. The SMILES string of the molecule is C=CCCO[Si](C)(OC)OC. The molecule has 0 bridgehead atoms. The van der Waals surface area contributed by atoms with Gasteiger partial charge >= 0.3 is 8.80 Å². The first kappa shape index (κ1) is 10.8. The predicted octanol–water partition coefficient (Wildman–Crippen LogP) is 1.44. The molecule has 0 fully saturated rings. The normalized spacial score (nSPS) is 11.5. The zero-order valence-corrected chi connectivity index (χ0v) is 8.42.